The molecule has 1 aliphatic rings. The van der Waals surface area contributed by atoms with Gasteiger partial charge in [0.25, 0.3) is 0 Å². The molecule has 0 radical (unpaired) electrons. The normalized spacial score (nSPS) is 32.2. The van der Waals surface area contributed by atoms with Crippen molar-refractivity contribution in [3.8, 4) is 0 Å². The number of allylic oxidation sites excluding steroid dienone is 3. The Labute approximate surface area is 93.3 Å². The molecular formula is C14H22O. The van der Waals surface area contributed by atoms with Gasteiger partial charge in [0.1, 0.15) is 0 Å². The van der Waals surface area contributed by atoms with Gasteiger partial charge in [-0.3, -0.25) is 4.79 Å². The number of ketones is 1. The van der Waals surface area contributed by atoms with E-state index in [9.17, 15) is 4.79 Å². The predicted molar refractivity (Wildman–Crippen MR) is 64.7 cm³/mol. The van der Waals surface area contributed by atoms with Crippen molar-refractivity contribution in [2.24, 2.45) is 11.3 Å². The highest BCUT2D eigenvalue weighted by Gasteiger charge is 2.40. The van der Waals surface area contributed by atoms with Gasteiger partial charge in [-0.05, 0) is 44.1 Å². The van der Waals surface area contributed by atoms with Crippen molar-refractivity contribution in [2.45, 2.75) is 46.5 Å². The third-order valence-corrected chi connectivity index (χ3v) is 3.77. The molecular weight excluding hydrogens is 184 g/mol. The molecule has 1 saturated carbocycles. The predicted octanol–water partition coefficient (Wildman–Crippen LogP) is 3.90. The number of hydrogen-bond donors (Lipinski definition) is 0. The molecule has 0 amide bonds. The highest BCUT2D eigenvalue weighted by molar-refractivity contribution is 5.94. The van der Waals surface area contributed by atoms with Crippen LogP contribution in [0.1, 0.15) is 46.5 Å². The Balaban J connectivity index is 2.96. The van der Waals surface area contributed by atoms with Crippen molar-refractivity contribution in [1.29, 1.82) is 0 Å². The second-order valence-corrected chi connectivity index (χ2v) is 4.85. The van der Waals surface area contributed by atoms with Gasteiger partial charge in [-0.15, -0.1) is 0 Å². The molecule has 1 aliphatic carbocycles. The van der Waals surface area contributed by atoms with Crippen molar-refractivity contribution >= 4 is 5.78 Å². The molecule has 0 aliphatic heterocycles. The molecule has 1 fully saturated rings. The zero-order chi connectivity index (χ0) is 11.5. The van der Waals surface area contributed by atoms with E-state index in [2.05, 4.69) is 20.4 Å². The van der Waals surface area contributed by atoms with Crippen molar-refractivity contribution < 1.29 is 4.79 Å². The monoisotopic (exact) mass is 206 g/mol. The van der Waals surface area contributed by atoms with Gasteiger partial charge in [-0.2, -0.15) is 0 Å². The van der Waals surface area contributed by atoms with Crippen LogP contribution in [0.25, 0.3) is 0 Å². The smallest absolute Gasteiger partial charge is 0.162 e. The number of carbonyl (C=O) groups is 1. The lowest BCUT2D eigenvalue weighted by Crippen LogP contribution is -2.36. The maximum atomic E-state index is 12.0. The van der Waals surface area contributed by atoms with Gasteiger partial charge in [0, 0.05) is 5.92 Å². The van der Waals surface area contributed by atoms with Crippen molar-refractivity contribution in [3.63, 3.8) is 0 Å². The van der Waals surface area contributed by atoms with Crippen LogP contribution < -0.4 is 0 Å². The van der Waals surface area contributed by atoms with E-state index in [0.717, 1.165) is 24.8 Å². The van der Waals surface area contributed by atoms with Gasteiger partial charge in [0.05, 0.1) is 0 Å². The quantitative estimate of drug-likeness (QED) is 0.505. The molecule has 2 atom stereocenters. The Kier molecular flexibility index (Phi) is 3.90. The zero-order valence-electron chi connectivity index (χ0n) is 10.2. The van der Waals surface area contributed by atoms with Crippen molar-refractivity contribution in [2.75, 3.05) is 0 Å². The van der Waals surface area contributed by atoms with Gasteiger partial charge in [-0.1, -0.05) is 32.1 Å². The second kappa shape index (κ2) is 4.78. The maximum absolute atomic E-state index is 12.0. The van der Waals surface area contributed by atoms with Crippen molar-refractivity contribution in [1.82, 2.24) is 0 Å². The second-order valence-electron chi connectivity index (χ2n) is 4.85. The third-order valence-electron chi connectivity index (χ3n) is 3.77. The fraction of sp³-hybridized carbons (Fsp3) is 0.643. The summed E-state index contributed by atoms with van der Waals surface area (Å²) in [4.78, 5) is 12.0. The Bertz CT molecular complexity index is 288. The van der Waals surface area contributed by atoms with Crippen molar-refractivity contribution in [3.05, 3.63) is 24.3 Å². The molecule has 1 rings (SSSR count). The molecule has 0 aromatic carbocycles. The summed E-state index contributed by atoms with van der Waals surface area (Å²) in [7, 11) is 0. The van der Waals surface area contributed by atoms with Gasteiger partial charge >= 0.3 is 0 Å². The Morgan fingerprint density at radius 1 is 1.67 bits per heavy atom. The first-order valence-electron chi connectivity index (χ1n) is 5.89. The molecule has 0 N–H and O–H groups in total. The lowest BCUT2D eigenvalue weighted by atomic mass is 9.62. The zero-order valence-corrected chi connectivity index (χ0v) is 10.2. The summed E-state index contributed by atoms with van der Waals surface area (Å²) in [6.45, 7) is 10.4. The van der Waals surface area contributed by atoms with Crippen LogP contribution in [-0.2, 0) is 4.79 Å². The molecule has 0 aromatic heterocycles. The molecule has 84 valence electrons. The van der Waals surface area contributed by atoms with Crippen LogP contribution in [-0.4, -0.2) is 5.78 Å². The first kappa shape index (κ1) is 12.2. The van der Waals surface area contributed by atoms with E-state index in [0.29, 0.717) is 0 Å². The van der Waals surface area contributed by atoms with E-state index in [1.165, 1.54) is 6.42 Å². The third kappa shape index (κ3) is 2.39. The fourth-order valence-corrected chi connectivity index (χ4v) is 2.69. The molecule has 2 unspecified atom stereocenters. The number of carbonyl (C=O) groups excluding carboxylic acids is 1. The minimum atomic E-state index is 0.0486. The van der Waals surface area contributed by atoms with Crippen LogP contribution in [0.3, 0.4) is 0 Å². The van der Waals surface area contributed by atoms with Crippen LogP contribution in [0.15, 0.2) is 24.3 Å². The molecule has 1 nitrogen and oxygen atoms in total. The first-order chi connectivity index (χ1) is 7.05. The van der Waals surface area contributed by atoms with Gasteiger partial charge < -0.3 is 0 Å². The van der Waals surface area contributed by atoms with E-state index in [-0.39, 0.29) is 17.1 Å². The average Bonchev–Trinajstić information content (AvgIpc) is 2.18. The summed E-state index contributed by atoms with van der Waals surface area (Å²) in [6.07, 6.45) is 7.94. The fourth-order valence-electron chi connectivity index (χ4n) is 2.69. The highest BCUT2D eigenvalue weighted by atomic mass is 16.1. The summed E-state index contributed by atoms with van der Waals surface area (Å²) >= 11 is 0. The van der Waals surface area contributed by atoms with Crippen LogP contribution in [0.5, 0.6) is 0 Å². The Hall–Kier alpha value is -0.850. The van der Waals surface area contributed by atoms with Gasteiger partial charge in [0.15, 0.2) is 5.78 Å². The minimum absolute atomic E-state index is 0.0486. The topological polar surface area (TPSA) is 17.1 Å². The molecule has 0 bridgehead atoms. The summed E-state index contributed by atoms with van der Waals surface area (Å²) in [6, 6.07) is 0. The van der Waals surface area contributed by atoms with E-state index < -0.39 is 0 Å². The standard InChI is InChI=1S/C14H22O/c1-5-8-12(15)13-11(3)9-7-10-14(13,4)6-2/h5,8,13H,3,6-7,9-10H2,1-2,4H3/b8-5+. The van der Waals surface area contributed by atoms with Crippen LogP contribution in [0.2, 0.25) is 0 Å². The molecule has 15 heavy (non-hydrogen) atoms. The van der Waals surface area contributed by atoms with Gasteiger partial charge in [0.2, 0.25) is 0 Å². The van der Waals surface area contributed by atoms with E-state index in [1.54, 1.807) is 6.08 Å². The lowest BCUT2D eigenvalue weighted by molar-refractivity contribution is -0.121. The first-order valence-corrected chi connectivity index (χ1v) is 5.89. The summed E-state index contributed by atoms with van der Waals surface area (Å²) in [5.74, 6) is 0.291. The average molecular weight is 206 g/mol. The van der Waals surface area contributed by atoms with Crippen LogP contribution >= 0.6 is 0 Å². The molecule has 0 spiro atoms. The minimum Gasteiger partial charge on any atom is -0.294 e. The Morgan fingerprint density at radius 3 is 2.87 bits per heavy atom. The summed E-state index contributed by atoms with van der Waals surface area (Å²) < 4.78 is 0. The highest BCUT2D eigenvalue weighted by Crippen LogP contribution is 2.46. The molecule has 0 heterocycles. The van der Waals surface area contributed by atoms with E-state index in [1.807, 2.05) is 13.0 Å². The number of rotatable bonds is 3. The summed E-state index contributed by atoms with van der Waals surface area (Å²) in [5, 5.41) is 0. The maximum Gasteiger partial charge on any atom is 0.162 e. The SMILES string of the molecule is C=C1CCCC(C)(CC)C1C(=O)/C=C/C. The van der Waals surface area contributed by atoms with E-state index >= 15 is 0 Å². The van der Waals surface area contributed by atoms with Crippen LogP contribution in [0, 0.1) is 11.3 Å². The van der Waals surface area contributed by atoms with Gasteiger partial charge in [-0.25, -0.2) is 0 Å². The van der Waals surface area contributed by atoms with Crippen LogP contribution in [0.4, 0.5) is 0 Å². The number of hydrogen-bond acceptors (Lipinski definition) is 1. The molecule has 0 saturated heterocycles. The molecule has 1 heteroatoms. The van der Waals surface area contributed by atoms with E-state index in [4.69, 9.17) is 0 Å². The largest absolute Gasteiger partial charge is 0.294 e. The summed E-state index contributed by atoms with van der Waals surface area (Å²) in [5.41, 5.74) is 1.26. The molecule has 0 aromatic rings. The lowest BCUT2D eigenvalue weighted by Gasteiger charge is -2.41. The Morgan fingerprint density at radius 2 is 2.33 bits per heavy atom.